The van der Waals surface area contributed by atoms with Gasteiger partial charge in [0.05, 0.1) is 11.7 Å². The molecule has 2 unspecified atom stereocenters. The molecule has 0 amide bonds. The average Bonchev–Trinajstić information content (AvgIpc) is 3.43. The zero-order chi connectivity index (χ0) is 21.0. The summed E-state index contributed by atoms with van der Waals surface area (Å²) in [5.41, 5.74) is 0.262. The molecule has 168 valence electrons. The Kier molecular flexibility index (Phi) is 7.09. The summed E-state index contributed by atoms with van der Waals surface area (Å²) in [7, 11) is 4.35. The van der Waals surface area contributed by atoms with E-state index in [2.05, 4.69) is 43.3 Å². The Morgan fingerprint density at radius 1 is 0.967 bits per heavy atom. The lowest BCUT2D eigenvalue weighted by Crippen LogP contribution is -2.53. The van der Waals surface area contributed by atoms with E-state index in [0.29, 0.717) is 6.10 Å². The van der Waals surface area contributed by atoms with Gasteiger partial charge in [0.15, 0.2) is 0 Å². The molecule has 3 fully saturated rings. The topological polar surface area (TPSA) is 32.7 Å². The Morgan fingerprint density at radius 3 is 2.40 bits per heavy atom. The summed E-state index contributed by atoms with van der Waals surface area (Å²) in [5.74, 6) is 1.82. The first kappa shape index (κ1) is 22.1. The molecule has 3 aliphatic carbocycles. The maximum absolute atomic E-state index is 12.4. The Labute approximate surface area is 184 Å². The van der Waals surface area contributed by atoms with Gasteiger partial charge in [0.1, 0.15) is 5.75 Å². The summed E-state index contributed by atoms with van der Waals surface area (Å²) in [5, 5.41) is 12.4. The molecule has 0 aliphatic heterocycles. The summed E-state index contributed by atoms with van der Waals surface area (Å²) in [4.78, 5) is 2.31. The minimum absolute atomic E-state index is 0.0661. The molecule has 0 aromatic heterocycles. The van der Waals surface area contributed by atoms with E-state index in [1.807, 2.05) is 0 Å². The fourth-order valence-electron chi connectivity index (χ4n) is 6.80. The fourth-order valence-corrected chi connectivity index (χ4v) is 6.80. The predicted octanol–water partition coefficient (Wildman–Crippen LogP) is 6.29. The van der Waals surface area contributed by atoms with Crippen LogP contribution in [0.1, 0.15) is 95.5 Å². The molecule has 1 aromatic carbocycles. The largest absolute Gasteiger partial charge is 0.490 e. The third-order valence-corrected chi connectivity index (χ3v) is 8.36. The van der Waals surface area contributed by atoms with E-state index in [1.165, 1.54) is 64.2 Å². The third-order valence-electron chi connectivity index (χ3n) is 8.36. The number of hydrogen-bond donors (Lipinski definition) is 1. The van der Waals surface area contributed by atoms with Crippen molar-refractivity contribution in [3.05, 3.63) is 29.8 Å². The molecule has 3 nitrogen and oxygen atoms in total. The number of hydrogen-bond acceptors (Lipinski definition) is 3. The molecule has 2 atom stereocenters. The maximum atomic E-state index is 12.4. The molecular weight excluding hydrogens is 370 g/mol. The monoisotopic (exact) mass is 413 g/mol. The van der Waals surface area contributed by atoms with E-state index in [1.54, 1.807) is 0 Å². The van der Waals surface area contributed by atoms with Gasteiger partial charge in [0, 0.05) is 12.0 Å². The molecule has 0 heterocycles. The summed E-state index contributed by atoms with van der Waals surface area (Å²) >= 11 is 0. The van der Waals surface area contributed by atoms with Crippen LogP contribution in [0.2, 0.25) is 0 Å². The molecule has 4 rings (SSSR count). The van der Waals surface area contributed by atoms with Gasteiger partial charge in [-0.1, -0.05) is 50.7 Å². The lowest BCUT2D eigenvalue weighted by Gasteiger charge is -2.53. The van der Waals surface area contributed by atoms with Crippen molar-refractivity contribution in [2.24, 2.45) is 11.3 Å². The van der Waals surface area contributed by atoms with Crippen molar-refractivity contribution in [1.29, 1.82) is 0 Å². The van der Waals surface area contributed by atoms with Crippen LogP contribution in [-0.4, -0.2) is 36.8 Å². The van der Waals surface area contributed by atoms with Crippen molar-refractivity contribution in [2.75, 3.05) is 20.6 Å². The number of benzene rings is 1. The van der Waals surface area contributed by atoms with Crippen LogP contribution in [0.25, 0.3) is 0 Å². The normalized spacial score (nSPS) is 30.9. The van der Waals surface area contributed by atoms with E-state index >= 15 is 0 Å². The first-order valence-electron chi connectivity index (χ1n) is 12.7. The molecule has 30 heavy (non-hydrogen) atoms. The van der Waals surface area contributed by atoms with Gasteiger partial charge in [-0.25, -0.2) is 0 Å². The highest BCUT2D eigenvalue weighted by Crippen LogP contribution is 2.55. The fraction of sp³-hybridized carbons (Fsp3) is 0.778. The number of ether oxygens (including phenoxy) is 1. The van der Waals surface area contributed by atoms with Crippen molar-refractivity contribution < 1.29 is 9.84 Å². The first-order chi connectivity index (χ1) is 14.5. The van der Waals surface area contributed by atoms with Crippen molar-refractivity contribution in [1.82, 2.24) is 4.90 Å². The second-order valence-corrected chi connectivity index (χ2v) is 10.8. The quantitative estimate of drug-likeness (QED) is 0.544. The summed E-state index contributed by atoms with van der Waals surface area (Å²) in [6.45, 7) is 0.962. The third kappa shape index (κ3) is 4.72. The van der Waals surface area contributed by atoms with Gasteiger partial charge in [0.2, 0.25) is 0 Å². The molecule has 0 radical (unpaired) electrons. The lowest BCUT2D eigenvalue weighted by atomic mass is 9.57. The van der Waals surface area contributed by atoms with Gasteiger partial charge in [0.25, 0.3) is 0 Å². The van der Waals surface area contributed by atoms with Crippen LogP contribution in [0.3, 0.4) is 0 Å². The molecule has 0 bridgehead atoms. The van der Waals surface area contributed by atoms with E-state index in [-0.39, 0.29) is 5.41 Å². The van der Waals surface area contributed by atoms with Gasteiger partial charge < -0.3 is 14.7 Å². The highest BCUT2D eigenvalue weighted by molar-refractivity contribution is 5.35. The second kappa shape index (κ2) is 9.61. The van der Waals surface area contributed by atoms with E-state index in [9.17, 15) is 5.11 Å². The maximum Gasteiger partial charge on any atom is 0.120 e. The Hall–Kier alpha value is -1.06. The van der Waals surface area contributed by atoms with Crippen LogP contribution in [-0.2, 0) is 5.60 Å². The van der Waals surface area contributed by atoms with Gasteiger partial charge >= 0.3 is 0 Å². The molecule has 1 aromatic rings. The van der Waals surface area contributed by atoms with Crippen molar-refractivity contribution in [2.45, 2.75) is 102 Å². The van der Waals surface area contributed by atoms with Gasteiger partial charge in [-0.15, -0.1) is 0 Å². The van der Waals surface area contributed by atoms with Crippen LogP contribution >= 0.6 is 0 Å². The van der Waals surface area contributed by atoms with Gasteiger partial charge in [-0.05, 0) is 89.1 Å². The SMILES string of the molecule is CN(C)CC1(CCC2CCCC2)CCCCC1(O)c1cccc(OC2CCCC2)c1. The zero-order valence-electron chi connectivity index (χ0n) is 19.4. The molecule has 0 saturated heterocycles. The first-order valence-corrected chi connectivity index (χ1v) is 12.7. The van der Waals surface area contributed by atoms with Crippen LogP contribution in [0.15, 0.2) is 24.3 Å². The summed E-state index contributed by atoms with van der Waals surface area (Å²) in [6.07, 6.45) is 17.6. The number of aliphatic hydroxyl groups is 1. The smallest absolute Gasteiger partial charge is 0.120 e. The average molecular weight is 414 g/mol. The van der Waals surface area contributed by atoms with Crippen LogP contribution < -0.4 is 4.74 Å². The Balaban J connectivity index is 1.60. The molecule has 3 aliphatic rings. The summed E-state index contributed by atoms with van der Waals surface area (Å²) < 4.78 is 6.32. The minimum atomic E-state index is -0.761. The molecule has 3 heteroatoms. The van der Waals surface area contributed by atoms with Crippen molar-refractivity contribution in [3.8, 4) is 5.75 Å². The number of nitrogens with zero attached hydrogens (tertiary/aromatic N) is 1. The highest BCUT2D eigenvalue weighted by atomic mass is 16.5. The standard InChI is InChI=1S/C27H43NO2/c1-28(2)21-26(19-16-22-10-3-4-11-22)17-7-8-18-27(26,29)23-12-9-15-25(20-23)30-24-13-5-6-14-24/h9,12,15,20,22,24,29H,3-8,10-11,13-14,16-19,21H2,1-2H3. The van der Waals surface area contributed by atoms with Gasteiger partial charge in [-0.2, -0.15) is 0 Å². The van der Waals surface area contributed by atoms with Crippen LogP contribution in [0.4, 0.5) is 0 Å². The van der Waals surface area contributed by atoms with E-state index in [0.717, 1.165) is 49.5 Å². The highest BCUT2D eigenvalue weighted by Gasteiger charge is 2.52. The molecular formula is C27H43NO2. The van der Waals surface area contributed by atoms with Crippen molar-refractivity contribution >= 4 is 0 Å². The molecule has 3 saturated carbocycles. The molecule has 1 N–H and O–H groups in total. The van der Waals surface area contributed by atoms with Crippen molar-refractivity contribution in [3.63, 3.8) is 0 Å². The predicted molar refractivity (Wildman–Crippen MR) is 124 cm³/mol. The number of rotatable bonds is 8. The second-order valence-electron chi connectivity index (χ2n) is 10.8. The zero-order valence-corrected chi connectivity index (χ0v) is 19.4. The Bertz CT molecular complexity index is 677. The molecule has 0 spiro atoms. The summed E-state index contributed by atoms with van der Waals surface area (Å²) in [6, 6.07) is 8.51. The van der Waals surface area contributed by atoms with Crippen LogP contribution in [0, 0.1) is 11.3 Å². The lowest BCUT2D eigenvalue weighted by molar-refractivity contribution is -0.137. The Morgan fingerprint density at radius 2 is 1.67 bits per heavy atom. The van der Waals surface area contributed by atoms with E-state index < -0.39 is 5.60 Å². The van der Waals surface area contributed by atoms with E-state index in [4.69, 9.17) is 4.74 Å². The van der Waals surface area contributed by atoms with Crippen LogP contribution in [0.5, 0.6) is 5.75 Å². The minimum Gasteiger partial charge on any atom is -0.490 e. The van der Waals surface area contributed by atoms with Gasteiger partial charge in [-0.3, -0.25) is 0 Å².